The summed E-state index contributed by atoms with van der Waals surface area (Å²) in [5.41, 5.74) is -2.24. The highest BCUT2D eigenvalue weighted by atomic mass is 16.4. The summed E-state index contributed by atoms with van der Waals surface area (Å²) < 4.78 is 0. The quantitative estimate of drug-likeness (QED) is 0.352. The molecular weight excluding hydrogens is 181 g/mol. The fourth-order valence-corrected chi connectivity index (χ4v) is 1.30. The highest BCUT2D eigenvalue weighted by Crippen LogP contribution is 2.26. The van der Waals surface area contributed by atoms with Gasteiger partial charge in [0.25, 0.3) is 0 Å². The Balaban J connectivity index is 2.85. The highest BCUT2D eigenvalue weighted by Gasteiger charge is 2.48. The van der Waals surface area contributed by atoms with Crippen molar-refractivity contribution < 1.29 is 30.0 Å². The molecule has 0 aromatic rings. The van der Waals surface area contributed by atoms with E-state index in [1.54, 1.807) is 0 Å². The smallest absolute Gasteiger partial charge is 0.336 e. The minimum absolute atomic E-state index is 0.533. The van der Waals surface area contributed by atoms with Gasteiger partial charge in [0.05, 0.1) is 6.10 Å². The lowest BCUT2D eigenvalue weighted by Gasteiger charge is -2.32. The van der Waals surface area contributed by atoms with Gasteiger partial charge in [-0.2, -0.15) is 0 Å². The minimum atomic E-state index is -2.24. The van der Waals surface area contributed by atoms with E-state index < -0.39 is 42.4 Å². The van der Waals surface area contributed by atoms with Crippen molar-refractivity contribution in [1.29, 1.82) is 0 Å². The number of rotatable bonds is 1. The maximum Gasteiger partial charge on any atom is 0.336 e. The summed E-state index contributed by atoms with van der Waals surface area (Å²) in [6.45, 7) is 0. The van der Waals surface area contributed by atoms with Crippen LogP contribution in [0.15, 0.2) is 0 Å². The van der Waals surface area contributed by atoms with Crippen LogP contribution < -0.4 is 0 Å². The summed E-state index contributed by atoms with van der Waals surface area (Å²) in [6.07, 6.45) is -4.29. The normalized spacial score (nSPS) is 40.4. The van der Waals surface area contributed by atoms with E-state index in [4.69, 9.17) is 15.3 Å². The van der Waals surface area contributed by atoms with E-state index in [2.05, 4.69) is 0 Å². The molecule has 0 saturated heterocycles. The van der Waals surface area contributed by atoms with Crippen molar-refractivity contribution in [2.45, 2.75) is 30.7 Å². The standard InChI is InChI=1S/C7H10O6/c8-3-1-7(13,6(11)12)2-4(9)5(3)10/h3,5,8,10,13H,1-2H2,(H,11,12)/t3-,5+,7-/m1/s1/i4+1. The molecule has 1 rings (SSSR count). The third-order valence-corrected chi connectivity index (χ3v) is 2.11. The van der Waals surface area contributed by atoms with Gasteiger partial charge in [0.15, 0.2) is 11.4 Å². The molecule has 0 radical (unpaired) electrons. The van der Waals surface area contributed by atoms with E-state index in [1.807, 2.05) is 0 Å². The Morgan fingerprint density at radius 3 is 2.38 bits per heavy atom. The number of carbonyl (C=O) groups is 2. The molecule has 0 amide bonds. The Labute approximate surface area is 73.4 Å². The molecule has 0 heterocycles. The summed E-state index contributed by atoms with van der Waals surface area (Å²) in [6, 6.07) is 0. The highest BCUT2D eigenvalue weighted by molar-refractivity contribution is 5.92. The van der Waals surface area contributed by atoms with Gasteiger partial charge in [-0.1, -0.05) is 0 Å². The first-order valence-electron chi connectivity index (χ1n) is 3.71. The van der Waals surface area contributed by atoms with Gasteiger partial charge >= 0.3 is 5.97 Å². The number of aliphatic hydroxyl groups excluding tert-OH is 2. The fraction of sp³-hybridized carbons (Fsp3) is 0.714. The average Bonchev–Trinajstić information content (AvgIpc) is 2.00. The van der Waals surface area contributed by atoms with Gasteiger partial charge in [-0.3, -0.25) is 4.79 Å². The van der Waals surface area contributed by atoms with Crippen LogP contribution in [-0.2, 0) is 9.59 Å². The van der Waals surface area contributed by atoms with Gasteiger partial charge in [0, 0.05) is 12.8 Å². The van der Waals surface area contributed by atoms with Crippen molar-refractivity contribution >= 4 is 11.8 Å². The van der Waals surface area contributed by atoms with E-state index in [-0.39, 0.29) is 0 Å². The molecule has 1 aliphatic rings. The van der Waals surface area contributed by atoms with Gasteiger partial charge in [-0.25, -0.2) is 4.79 Å². The van der Waals surface area contributed by atoms with Crippen LogP contribution in [0.4, 0.5) is 0 Å². The van der Waals surface area contributed by atoms with Gasteiger partial charge in [-0.15, -0.1) is 0 Å². The van der Waals surface area contributed by atoms with Crippen molar-refractivity contribution in [2.75, 3.05) is 0 Å². The summed E-state index contributed by atoms with van der Waals surface area (Å²) in [5.74, 6) is -2.42. The van der Waals surface area contributed by atoms with Crippen molar-refractivity contribution in [1.82, 2.24) is 0 Å². The predicted molar refractivity (Wildman–Crippen MR) is 38.8 cm³/mol. The maximum absolute atomic E-state index is 10.9. The monoisotopic (exact) mass is 191 g/mol. The lowest BCUT2D eigenvalue weighted by molar-refractivity contribution is -0.176. The van der Waals surface area contributed by atoms with Gasteiger partial charge in [0.1, 0.15) is 6.10 Å². The molecule has 6 nitrogen and oxygen atoms in total. The second kappa shape index (κ2) is 3.06. The number of aliphatic carboxylic acids is 1. The number of aliphatic hydroxyl groups is 3. The number of carboxylic acids is 1. The van der Waals surface area contributed by atoms with Crippen molar-refractivity contribution in [2.24, 2.45) is 0 Å². The van der Waals surface area contributed by atoms with Crippen molar-refractivity contribution in [3.63, 3.8) is 0 Å². The second-order valence-corrected chi connectivity index (χ2v) is 3.20. The SMILES string of the molecule is O=C(O)[C@@]1(O)C[C@@H](O)[C@H](O)[13C](=O)C1. The van der Waals surface area contributed by atoms with Crippen LogP contribution >= 0.6 is 0 Å². The van der Waals surface area contributed by atoms with Crippen LogP contribution in [-0.4, -0.2) is 50.0 Å². The lowest BCUT2D eigenvalue weighted by atomic mass is 9.88. The molecule has 13 heavy (non-hydrogen) atoms. The lowest BCUT2D eigenvalue weighted by Crippen LogP contribution is -2.54. The Morgan fingerprint density at radius 1 is 1.46 bits per heavy atom. The fourth-order valence-electron chi connectivity index (χ4n) is 1.30. The number of hydrogen-bond donors (Lipinski definition) is 4. The number of ketones is 1. The molecule has 3 atom stereocenters. The molecular formula is C7H10O6. The van der Waals surface area contributed by atoms with Crippen LogP contribution in [0.2, 0.25) is 0 Å². The number of carbonyl (C=O) groups excluding carboxylic acids is 1. The zero-order valence-electron chi connectivity index (χ0n) is 6.67. The Hall–Kier alpha value is -0.980. The van der Waals surface area contributed by atoms with Gasteiger partial charge < -0.3 is 20.4 Å². The third kappa shape index (κ3) is 1.69. The van der Waals surface area contributed by atoms with Crippen molar-refractivity contribution in [3.8, 4) is 0 Å². The first-order chi connectivity index (χ1) is 5.87. The first-order valence-corrected chi connectivity index (χ1v) is 3.71. The van der Waals surface area contributed by atoms with Crippen molar-refractivity contribution in [3.05, 3.63) is 0 Å². The van der Waals surface area contributed by atoms with E-state index in [0.29, 0.717) is 0 Å². The second-order valence-electron chi connectivity index (χ2n) is 3.20. The zero-order valence-corrected chi connectivity index (χ0v) is 6.67. The summed E-state index contributed by atoms with van der Waals surface area (Å²) >= 11 is 0. The molecule has 0 aliphatic heterocycles. The van der Waals surface area contributed by atoms with Crippen LogP contribution in [0.3, 0.4) is 0 Å². The molecule has 74 valence electrons. The molecule has 6 heteroatoms. The van der Waals surface area contributed by atoms with Crippen LogP contribution in [0.1, 0.15) is 12.8 Å². The number of Topliss-reactive ketones (excluding diaryl/α,β-unsaturated/α-hetero) is 1. The maximum atomic E-state index is 10.9. The number of carboxylic acid groups (broad SMARTS) is 1. The topological polar surface area (TPSA) is 115 Å². The van der Waals surface area contributed by atoms with E-state index in [1.165, 1.54) is 0 Å². The third-order valence-electron chi connectivity index (χ3n) is 2.11. The van der Waals surface area contributed by atoms with E-state index in [0.717, 1.165) is 0 Å². The minimum Gasteiger partial charge on any atom is -0.479 e. The molecule has 0 spiro atoms. The Morgan fingerprint density at radius 2 is 2.00 bits per heavy atom. The van der Waals surface area contributed by atoms with Crippen LogP contribution in [0, 0.1) is 0 Å². The van der Waals surface area contributed by atoms with E-state index in [9.17, 15) is 14.7 Å². The zero-order chi connectivity index (χ0) is 10.2. The molecule has 0 unspecified atom stereocenters. The predicted octanol–water partition coefficient (Wildman–Crippen LogP) is -2.11. The molecule has 1 aliphatic carbocycles. The molecule has 4 N–H and O–H groups in total. The van der Waals surface area contributed by atoms with E-state index >= 15 is 0 Å². The molecule has 0 aromatic carbocycles. The van der Waals surface area contributed by atoms with Crippen LogP contribution in [0.25, 0.3) is 0 Å². The summed E-state index contributed by atoms with van der Waals surface area (Å²) in [4.78, 5) is 21.4. The van der Waals surface area contributed by atoms with Gasteiger partial charge in [-0.05, 0) is 0 Å². The van der Waals surface area contributed by atoms with Gasteiger partial charge in [0.2, 0.25) is 0 Å². The Bertz CT molecular complexity index is 249. The summed E-state index contributed by atoms with van der Waals surface area (Å²) in [7, 11) is 0. The van der Waals surface area contributed by atoms with Crippen LogP contribution in [0.5, 0.6) is 0 Å². The molecule has 1 saturated carbocycles. The average molecular weight is 191 g/mol. The number of hydrogen-bond acceptors (Lipinski definition) is 5. The first kappa shape index (κ1) is 10.1. The molecule has 1 fully saturated rings. The molecule has 0 aromatic heterocycles. The summed E-state index contributed by atoms with van der Waals surface area (Å²) in [5, 5.41) is 35.8. The largest absolute Gasteiger partial charge is 0.479 e. The Kier molecular flexibility index (Phi) is 2.38. The molecule has 0 bridgehead atoms.